The summed E-state index contributed by atoms with van der Waals surface area (Å²) in [5.41, 5.74) is 0. The predicted molar refractivity (Wildman–Crippen MR) is 32.3 cm³/mol. The lowest BCUT2D eigenvalue weighted by atomic mass is 11.3. The second kappa shape index (κ2) is 9.98. The number of hydrogen-bond acceptors (Lipinski definition) is 4. The molecule has 0 bridgehead atoms. The first-order valence-electron chi connectivity index (χ1n) is 1.96. The summed E-state index contributed by atoms with van der Waals surface area (Å²) in [5.74, 6) is 0. The molecule has 0 saturated heterocycles. The Morgan fingerprint density at radius 3 is 1.50 bits per heavy atom. The average molecular weight is 141 g/mol. The van der Waals surface area contributed by atoms with Gasteiger partial charge in [-0.15, -0.1) is 0 Å². The molecule has 0 radical (unpaired) electrons. The molecule has 0 aromatic heterocycles. The third-order valence-electron chi connectivity index (χ3n) is 0.149. The summed E-state index contributed by atoms with van der Waals surface area (Å²) in [4.78, 5) is 0. The van der Waals surface area contributed by atoms with Crippen molar-refractivity contribution in [1.29, 1.82) is 0 Å². The van der Waals surface area contributed by atoms with Crippen molar-refractivity contribution < 1.29 is 12.6 Å². The fraction of sp³-hybridized carbons (Fsp3) is 1.00. The lowest BCUT2D eigenvalue weighted by molar-refractivity contribution is 0.418. The van der Waals surface area contributed by atoms with Crippen LogP contribution in [0.5, 0.6) is 0 Å². The zero-order chi connectivity index (χ0) is 6.99. The Kier molecular flexibility index (Phi) is 13.4. The minimum absolute atomic E-state index is 1.10. The van der Waals surface area contributed by atoms with Crippen LogP contribution in [0.3, 0.4) is 0 Å². The summed E-state index contributed by atoms with van der Waals surface area (Å²) in [6.45, 7) is 0. The summed E-state index contributed by atoms with van der Waals surface area (Å²) in [6.07, 6.45) is 0. The molecule has 0 aromatic carbocycles. The summed E-state index contributed by atoms with van der Waals surface area (Å²) < 4.78 is 22.1. The van der Waals surface area contributed by atoms with Crippen LogP contribution in [-0.4, -0.2) is 29.6 Å². The second-order valence-corrected chi connectivity index (χ2v) is 1.72. The van der Waals surface area contributed by atoms with Crippen LogP contribution in [-0.2, 0) is 15.2 Å². The standard InChI is InChI=1S/C2H7N.CH4O3S/c1-3-2;1-4-5(2)3/h3H,1-2H3;5H,1H3. The first kappa shape index (κ1) is 10.8. The molecule has 0 spiro atoms. The van der Waals surface area contributed by atoms with Gasteiger partial charge in [-0.3, -0.25) is 4.18 Å². The Hall–Kier alpha value is -0.130. The Balaban J connectivity index is 0. The molecule has 8 heavy (non-hydrogen) atoms. The van der Waals surface area contributed by atoms with Gasteiger partial charge in [-0.2, -0.15) is 0 Å². The van der Waals surface area contributed by atoms with Gasteiger partial charge < -0.3 is 5.32 Å². The van der Waals surface area contributed by atoms with E-state index in [2.05, 4.69) is 9.50 Å². The summed E-state index contributed by atoms with van der Waals surface area (Å²) in [6, 6.07) is 0. The van der Waals surface area contributed by atoms with Gasteiger partial charge in [-0.05, 0) is 14.1 Å². The van der Waals surface area contributed by atoms with Crippen LogP contribution in [0.1, 0.15) is 0 Å². The van der Waals surface area contributed by atoms with Gasteiger partial charge in [0, 0.05) is 0 Å². The van der Waals surface area contributed by atoms with Crippen LogP contribution < -0.4 is 5.32 Å². The molecular weight excluding hydrogens is 130 g/mol. The van der Waals surface area contributed by atoms with E-state index in [0.29, 0.717) is 0 Å². The monoisotopic (exact) mass is 141 g/mol. The topological polar surface area (TPSA) is 55.4 Å². The fourth-order valence-electron chi connectivity index (χ4n) is 0. The first-order valence-corrected chi connectivity index (χ1v) is 3.05. The van der Waals surface area contributed by atoms with Crippen LogP contribution in [0.2, 0.25) is 0 Å². The molecule has 0 aliphatic carbocycles. The smallest absolute Gasteiger partial charge is 0.256 e. The van der Waals surface area contributed by atoms with Crippen molar-refractivity contribution in [1.82, 2.24) is 5.32 Å². The summed E-state index contributed by atoms with van der Waals surface area (Å²) in [5, 5.41) is 2.75. The number of rotatable bonds is 1. The zero-order valence-corrected chi connectivity index (χ0v) is 6.07. The van der Waals surface area contributed by atoms with E-state index in [4.69, 9.17) is 0 Å². The maximum Gasteiger partial charge on any atom is 0.256 e. The SMILES string of the molecule is CNC.CO[SH](=O)=O. The van der Waals surface area contributed by atoms with Gasteiger partial charge in [0.1, 0.15) is 0 Å². The zero-order valence-electron chi connectivity index (χ0n) is 5.17. The molecule has 0 atom stereocenters. The maximum absolute atomic E-state index is 9.18. The normalized spacial score (nSPS) is 8.00. The van der Waals surface area contributed by atoms with Gasteiger partial charge >= 0.3 is 0 Å². The van der Waals surface area contributed by atoms with Crippen LogP contribution in [0.25, 0.3) is 0 Å². The Morgan fingerprint density at radius 2 is 1.50 bits per heavy atom. The van der Waals surface area contributed by atoms with Crippen molar-refractivity contribution in [3.05, 3.63) is 0 Å². The maximum atomic E-state index is 9.18. The van der Waals surface area contributed by atoms with Crippen LogP contribution in [0.15, 0.2) is 0 Å². The molecule has 0 aliphatic rings. The summed E-state index contributed by atoms with van der Waals surface area (Å²) >= 11 is 0. The summed E-state index contributed by atoms with van der Waals surface area (Å²) in [7, 11) is 2.25. The van der Waals surface area contributed by atoms with Gasteiger partial charge in [-0.25, -0.2) is 8.42 Å². The van der Waals surface area contributed by atoms with Crippen LogP contribution in [0, 0.1) is 0 Å². The molecule has 5 heteroatoms. The van der Waals surface area contributed by atoms with Gasteiger partial charge in [0.2, 0.25) is 0 Å². The van der Waals surface area contributed by atoms with Gasteiger partial charge in [0.05, 0.1) is 7.11 Å². The highest BCUT2D eigenvalue weighted by Gasteiger charge is 1.61. The van der Waals surface area contributed by atoms with E-state index >= 15 is 0 Å². The van der Waals surface area contributed by atoms with E-state index < -0.39 is 11.0 Å². The Morgan fingerprint density at radius 1 is 1.38 bits per heavy atom. The predicted octanol–water partition coefficient (Wildman–Crippen LogP) is -1.01. The lowest BCUT2D eigenvalue weighted by Crippen LogP contribution is -1.89. The lowest BCUT2D eigenvalue weighted by Gasteiger charge is -1.66. The second-order valence-electron chi connectivity index (χ2n) is 0.906. The molecule has 52 valence electrons. The fourth-order valence-corrected chi connectivity index (χ4v) is 0. The number of hydrogen-bond donors (Lipinski definition) is 2. The van der Waals surface area contributed by atoms with E-state index in [-0.39, 0.29) is 0 Å². The van der Waals surface area contributed by atoms with Gasteiger partial charge in [0.25, 0.3) is 11.0 Å². The van der Waals surface area contributed by atoms with Crippen LogP contribution >= 0.6 is 0 Å². The minimum atomic E-state index is -2.60. The van der Waals surface area contributed by atoms with E-state index in [9.17, 15) is 8.42 Å². The average Bonchev–Trinajstić information content (AvgIpc) is 1.69. The van der Waals surface area contributed by atoms with Crippen molar-refractivity contribution in [3.8, 4) is 0 Å². The van der Waals surface area contributed by atoms with Crippen LogP contribution in [0.4, 0.5) is 0 Å². The first-order chi connectivity index (χ1) is 3.68. The highest BCUT2D eigenvalue weighted by Crippen LogP contribution is 1.52. The Bertz CT molecular complexity index is 82.5. The molecule has 0 rings (SSSR count). The molecular formula is C3H11NO3S. The number of nitrogens with one attached hydrogen (secondary N) is 1. The highest BCUT2D eigenvalue weighted by atomic mass is 32.2. The van der Waals surface area contributed by atoms with E-state index in [0.717, 1.165) is 7.11 Å². The molecule has 0 fully saturated rings. The van der Waals surface area contributed by atoms with E-state index in [1.807, 2.05) is 14.1 Å². The Labute approximate surface area is 51.0 Å². The quantitative estimate of drug-likeness (QED) is 0.460. The molecule has 0 aliphatic heterocycles. The van der Waals surface area contributed by atoms with Crippen molar-refractivity contribution in [2.75, 3.05) is 21.2 Å². The van der Waals surface area contributed by atoms with Crippen molar-refractivity contribution in [3.63, 3.8) is 0 Å². The third kappa shape index (κ3) is 39.8. The van der Waals surface area contributed by atoms with Crippen molar-refractivity contribution in [2.24, 2.45) is 0 Å². The van der Waals surface area contributed by atoms with Gasteiger partial charge in [0.15, 0.2) is 0 Å². The third-order valence-corrected chi connectivity index (χ3v) is 0.447. The van der Waals surface area contributed by atoms with E-state index in [1.54, 1.807) is 0 Å². The molecule has 4 nitrogen and oxygen atoms in total. The number of thiol groups is 1. The van der Waals surface area contributed by atoms with Crippen molar-refractivity contribution >= 4 is 11.0 Å². The molecule has 1 N–H and O–H groups in total. The molecule has 0 saturated carbocycles. The molecule has 0 heterocycles. The molecule has 0 amide bonds. The van der Waals surface area contributed by atoms with E-state index in [1.165, 1.54) is 0 Å². The largest absolute Gasteiger partial charge is 0.323 e. The van der Waals surface area contributed by atoms with Gasteiger partial charge in [-0.1, -0.05) is 0 Å². The minimum Gasteiger partial charge on any atom is -0.323 e. The van der Waals surface area contributed by atoms with Crippen molar-refractivity contribution in [2.45, 2.75) is 0 Å². The highest BCUT2D eigenvalue weighted by molar-refractivity contribution is 7.67. The molecule has 0 unspecified atom stereocenters. The molecule has 0 aromatic rings.